The lowest BCUT2D eigenvalue weighted by molar-refractivity contribution is -0.121. The van der Waals surface area contributed by atoms with Gasteiger partial charge in [0.25, 0.3) is 5.56 Å². The first-order valence-electron chi connectivity index (χ1n) is 10.3. The molecule has 0 aliphatic heterocycles. The van der Waals surface area contributed by atoms with Crippen molar-refractivity contribution in [1.82, 2.24) is 34.4 Å². The van der Waals surface area contributed by atoms with Gasteiger partial charge in [0.15, 0.2) is 0 Å². The molecule has 0 bridgehead atoms. The maximum absolute atomic E-state index is 12.5. The number of para-hydroxylation sites is 1. The van der Waals surface area contributed by atoms with Crippen LogP contribution in [0, 0.1) is 13.8 Å². The number of hydrogen-bond acceptors (Lipinski definition) is 7. The van der Waals surface area contributed by atoms with Crippen LogP contribution in [0.3, 0.4) is 0 Å². The maximum atomic E-state index is 12.5. The van der Waals surface area contributed by atoms with Crippen LogP contribution in [0.2, 0.25) is 0 Å². The summed E-state index contributed by atoms with van der Waals surface area (Å²) in [6.45, 7) is 4.93. The van der Waals surface area contributed by atoms with E-state index in [-0.39, 0.29) is 24.4 Å². The van der Waals surface area contributed by atoms with Crippen LogP contribution in [0.25, 0.3) is 16.7 Å². The van der Waals surface area contributed by atoms with Crippen molar-refractivity contribution in [2.45, 2.75) is 26.8 Å². The van der Waals surface area contributed by atoms with Gasteiger partial charge in [0.2, 0.25) is 5.91 Å². The number of hydrogen-bond donors (Lipinski definition) is 2. The number of aromatic nitrogens is 6. The molecule has 0 unspecified atom stereocenters. The molecule has 0 aliphatic rings. The molecule has 0 spiro atoms. The number of benzene rings is 1. The van der Waals surface area contributed by atoms with E-state index in [1.54, 1.807) is 24.4 Å². The molecule has 0 saturated carbocycles. The molecule has 2 N–H and O–H groups in total. The largest absolute Gasteiger partial charge is 0.368 e. The first-order valence-corrected chi connectivity index (χ1v) is 10.3. The van der Waals surface area contributed by atoms with Crippen LogP contribution >= 0.6 is 0 Å². The van der Waals surface area contributed by atoms with Gasteiger partial charge in [-0.15, -0.1) is 0 Å². The van der Waals surface area contributed by atoms with Gasteiger partial charge in [0.05, 0.1) is 17.2 Å². The summed E-state index contributed by atoms with van der Waals surface area (Å²) in [6.07, 6.45) is 5.24. The summed E-state index contributed by atoms with van der Waals surface area (Å²) < 4.78 is 3.34. The Balaban J connectivity index is 1.27. The number of rotatable bonds is 8. The van der Waals surface area contributed by atoms with Gasteiger partial charge in [0, 0.05) is 44.5 Å². The lowest BCUT2D eigenvalue weighted by Crippen LogP contribution is -2.31. The SMILES string of the molecule is Cc1nc(NCCNC(=O)CCn2cnc3ccccc3c2=O)cc(-n2ccnc2C)n1. The number of amides is 1. The van der Waals surface area contributed by atoms with Crippen LogP contribution in [0.15, 0.2) is 53.8 Å². The number of nitrogens with one attached hydrogen (secondary N) is 2. The second kappa shape index (κ2) is 9.38. The van der Waals surface area contributed by atoms with Crippen molar-refractivity contribution in [3.8, 4) is 5.82 Å². The van der Waals surface area contributed by atoms with Gasteiger partial charge in [0.1, 0.15) is 23.3 Å². The molecular weight excluding hydrogens is 408 g/mol. The number of fused-ring (bicyclic) bond motifs is 1. The summed E-state index contributed by atoms with van der Waals surface area (Å²) in [7, 11) is 0. The van der Waals surface area contributed by atoms with Crippen molar-refractivity contribution < 1.29 is 4.79 Å². The molecule has 0 saturated heterocycles. The van der Waals surface area contributed by atoms with E-state index in [0.717, 1.165) is 11.6 Å². The summed E-state index contributed by atoms with van der Waals surface area (Å²) >= 11 is 0. The Hall–Kier alpha value is -4.08. The van der Waals surface area contributed by atoms with E-state index >= 15 is 0 Å². The molecule has 3 aromatic heterocycles. The van der Waals surface area contributed by atoms with Gasteiger partial charge >= 0.3 is 0 Å². The van der Waals surface area contributed by atoms with Crippen LogP contribution in [-0.4, -0.2) is 48.1 Å². The maximum Gasteiger partial charge on any atom is 0.261 e. The summed E-state index contributed by atoms with van der Waals surface area (Å²) in [5.41, 5.74) is 0.503. The van der Waals surface area contributed by atoms with Gasteiger partial charge in [-0.3, -0.25) is 18.7 Å². The van der Waals surface area contributed by atoms with Crippen molar-refractivity contribution in [3.63, 3.8) is 0 Å². The van der Waals surface area contributed by atoms with E-state index in [9.17, 15) is 9.59 Å². The zero-order chi connectivity index (χ0) is 22.5. The molecule has 0 fully saturated rings. The first kappa shape index (κ1) is 21.2. The summed E-state index contributed by atoms with van der Waals surface area (Å²) in [5.74, 6) is 2.73. The van der Waals surface area contributed by atoms with Gasteiger partial charge in [-0.05, 0) is 26.0 Å². The highest BCUT2D eigenvalue weighted by atomic mass is 16.1. The molecule has 4 rings (SSSR count). The average Bonchev–Trinajstić information content (AvgIpc) is 3.22. The highest BCUT2D eigenvalue weighted by molar-refractivity contribution is 5.77. The second-order valence-electron chi connectivity index (χ2n) is 7.29. The van der Waals surface area contributed by atoms with E-state index in [2.05, 4.69) is 30.6 Å². The minimum absolute atomic E-state index is 0.138. The lowest BCUT2D eigenvalue weighted by atomic mass is 10.2. The average molecular weight is 432 g/mol. The summed E-state index contributed by atoms with van der Waals surface area (Å²) in [4.78, 5) is 42.0. The minimum atomic E-state index is -0.145. The topological polar surface area (TPSA) is 120 Å². The number of nitrogens with zero attached hydrogens (tertiary/aromatic N) is 6. The summed E-state index contributed by atoms with van der Waals surface area (Å²) in [5, 5.41) is 6.60. The molecule has 10 heteroatoms. The van der Waals surface area contributed by atoms with E-state index < -0.39 is 0 Å². The normalized spacial score (nSPS) is 10.9. The van der Waals surface area contributed by atoms with E-state index in [1.807, 2.05) is 36.7 Å². The van der Waals surface area contributed by atoms with Crippen LogP contribution < -0.4 is 16.2 Å². The van der Waals surface area contributed by atoms with E-state index in [4.69, 9.17) is 0 Å². The van der Waals surface area contributed by atoms with E-state index in [0.29, 0.717) is 35.6 Å². The number of imidazole rings is 1. The molecule has 0 aliphatic carbocycles. The molecule has 3 heterocycles. The molecule has 32 heavy (non-hydrogen) atoms. The number of aryl methyl sites for hydroxylation is 3. The van der Waals surface area contributed by atoms with Crippen LogP contribution in [0.1, 0.15) is 18.1 Å². The highest BCUT2D eigenvalue weighted by Gasteiger charge is 2.08. The molecule has 0 atom stereocenters. The Bertz CT molecular complexity index is 1310. The quantitative estimate of drug-likeness (QED) is 0.406. The van der Waals surface area contributed by atoms with Crippen molar-refractivity contribution >= 4 is 22.6 Å². The Kier molecular flexibility index (Phi) is 6.20. The molecule has 1 amide bonds. The Morgan fingerprint density at radius 3 is 2.75 bits per heavy atom. The fraction of sp³-hybridized carbons (Fsp3) is 0.273. The predicted octanol–water partition coefficient (Wildman–Crippen LogP) is 1.61. The number of carbonyl (C=O) groups excluding carboxylic acids is 1. The third-order valence-electron chi connectivity index (χ3n) is 4.96. The lowest BCUT2D eigenvalue weighted by Gasteiger charge is -2.11. The fourth-order valence-corrected chi connectivity index (χ4v) is 3.35. The first-order chi connectivity index (χ1) is 15.5. The minimum Gasteiger partial charge on any atom is -0.368 e. The van der Waals surface area contributed by atoms with Gasteiger partial charge in [-0.2, -0.15) is 0 Å². The van der Waals surface area contributed by atoms with E-state index in [1.165, 1.54) is 10.9 Å². The third-order valence-corrected chi connectivity index (χ3v) is 4.96. The number of carbonyl (C=O) groups is 1. The molecule has 164 valence electrons. The van der Waals surface area contributed by atoms with Gasteiger partial charge in [-0.25, -0.2) is 19.9 Å². The van der Waals surface area contributed by atoms with Crippen molar-refractivity contribution in [3.05, 3.63) is 71.1 Å². The monoisotopic (exact) mass is 432 g/mol. The van der Waals surface area contributed by atoms with Crippen LogP contribution in [0.4, 0.5) is 5.82 Å². The molecular formula is C22H24N8O2. The van der Waals surface area contributed by atoms with Crippen LogP contribution in [0.5, 0.6) is 0 Å². The summed E-state index contributed by atoms with van der Waals surface area (Å²) in [6, 6.07) is 9.00. The third kappa shape index (κ3) is 4.80. The van der Waals surface area contributed by atoms with Gasteiger partial charge < -0.3 is 10.6 Å². The van der Waals surface area contributed by atoms with Crippen LogP contribution in [-0.2, 0) is 11.3 Å². The molecule has 0 radical (unpaired) electrons. The van der Waals surface area contributed by atoms with Gasteiger partial charge in [-0.1, -0.05) is 12.1 Å². The highest BCUT2D eigenvalue weighted by Crippen LogP contribution is 2.12. The molecule has 10 nitrogen and oxygen atoms in total. The fourth-order valence-electron chi connectivity index (χ4n) is 3.35. The number of anilines is 1. The van der Waals surface area contributed by atoms with Crippen molar-refractivity contribution in [2.24, 2.45) is 0 Å². The zero-order valence-electron chi connectivity index (χ0n) is 17.9. The molecule has 4 aromatic rings. The van der Waals surface area contributed by atoms with Crippen molar-refractivity contribution in [1.29, 1.82) is 0 Å². The second-order valence-corrected chi connectivity index (χ2v) is 7.29. The predicted molar refractivity (Wildman–Crippen MR) is 121 cm³/mol. The smallest absolute Gasteiger partial charge is 0.261 e. The Morgan fingerprint density at radius 1 is 1.09 bits per heavy atom. The Morgan fingerprint density at radius 2 is 1.94 bits per heavy atom. The Labute approximate surface area is 184 Å². The standard InChI is InChI=1S/C22H24N8O2/c1-15-27-19(13-20(28-15)30-12-10-23-16(30)2)24-8-9-25-21(31)7-11-29-14-26-18-6-4-3-5-17(18)22(29)32/h3-6,10,12-14H,7-9,11H2,1-2H3,(H,25,31)(H,24,27,28). The molecule has 1 aromatic carbocycles. The zero-order valence-corrected chi connectivity index (χ0v) is 17.9. The van der Waals surface area contributed by atoms with Crippen molar-refractivity contribution in [2.75, 3.05) is 18.4 Å².